The lowest BCUT2D eigenvalue weighted by molar-refractivity contribution is -0.121. The van der Waals surface area contributed by atoms with Crippen molar-refractivity contribution in [3.05, 3.63) is 35.6 Å². The molecule has 1 aromatic rings. The van der Waals surface area contributed by atoms with Crippen molar-refractivity contribution < 1.29 is 14.0 Å². The van der Waals surface area contributed by atoms with Crippen molar-refractivity contribution in [3.8, 4) is 0 Å². The topological polar surface area (TPSA) is 70.2 Å². The standard InChI is InChI=1S/C15H22FN3O2/c1-17-8-3-7-14(20)18-9-4-10-19-15(21)12-5-2-6-13(16)11-12/h2,5-6,11,17H,3-4,7-10H2,1H3,(H,18,20)(H,19,21). The number of hydrogen-bond donors (Lipinski definition) is 3. The SMILES string of the molecule is CNCCCC(=O)NCCCNC(=O)c1cccc(F)c1. The third-order valence-corrected chi connectivity index (χ3v) is 2.88. The number of carbonyl (C=O) groups is 2. The van der Waals surface area contributed by atoms with E-state index in [1.54, 1.807) is 6.07 Å². The summed E-state index contributed by atoms with van der Waals surface area (Å²) in [6.07, 6.45) is 1.94. The van der Waals surface area contributed by atoms with E-state index in [-0.39, 0.29) is 11.8 Å². The molecule has 0 atom stereocenters. The first-order valence-electron chi connectivity index (χ1n) is 7.08. The van der Waals surface area contributed by atoms with Crippen LogP contribution in [0.4, 0.5) is 4.39 Å². The summed E-state index contributed by atoms with van der Waals surface area (Å²) in [6, 6.07) is 5.54. The molecule has 3 N–H and O–H groups in total. The number of benzene rings is 1. The molecule has 0 saturated carbocycles. The van der Waals surface area contributed by atoms with Gasteiger partial charge in [0.15, 0.2) is 0 Å². The van der Waals surface area contributed by atoms with Gasteiger partial charge in [0.2, 0.25) is 5.91 Å². The van der Waals surface area contributed by atoms with Gasteiger partial charge in [-0.15, -0.1) is 0 Å². The highest BCUT2D eigenvalue weighted by Gasteiger charge is 2.05. The van der Waals surface area contributed by atoms with Gasteiger partial charge in [0.25, 0.3) is 5.91 Å². The predicted molar refractivity (Wildman–Crippen MR) is 79.5 cm³/mol. The fourth-order valence-corrected chi connectivity index (χ4v) is 1.76. The summed E-state index contributed by atoms with van der Waals surface area (Å²) in [6.45, 7) is 1.77. The molecule has 2 amide bonds. The van der Waals surface area contributed by atoms with Gasteiger partial charge in [0, 0.05) is 25.1 Å². The van der Waals surface area contributed by atoms with E-state index in [9.17, 15) is 14.0 Å². The largest absolute Gasteiger partial charge is 0.356 e. The summed E-state index contributed by atoms with van der Waals surface area (Å²) >= 11 is 0. The normalized spacial score (nSPS) is 10.2. The Morgan fingerprint density at radius 1 is 1.10 bits per heavy atom. The van der Waals surface area contributed by atoms with Gasteiger partial charge in [-0.05, 0) is 44.6 Å². The first kappa shape index (κ1) is 17.1. The van der Waals surface area contributed by atoms with Crippen molar-refractivity contribution in [1.82, 2.24) is 16.0 Å². The predicted octanol–water partition coefficient (Wildman–Crippen LogP) is 1.06. The number of rotatable bonds is 9. The van der Waals surface area contributed by atoms with Gasteiger partial charge < -0.3 is 16.0 Å². The molecule has 0 unspecified atom stereocenters. The zero-order valence-electron chi connectivity index (χ0n) is 12.2. The van der Waals surface area contributed by atoms with Crippen molar-refractivity contribution >= 4 is 11.8 Å². The molecule has 0 heterocycles. The molecule has 0 aromatic heterocycles. The van der Waals surface area contributed by atoms with Crippen LogP contribution in [0.2, 0.25) is 0 Å². The van der Waals surface area contributed by atoms with Gasteiger partial charge in [-0.2, -0.15) is 0 Å². The highest BCUT2D eigenvalue weighted by atomic mass is 19.1. The van der Waals surface area contributed by atoms with Crippen molar-refractivity contribution in [2.75, 3.05) is 26.7 Å². The summed E-state index contributed by atoms with van der Waals surface area (Å²) in [7, 11) is 1.85. The zero-order valence-corrected chi connectivity index (χ0v) is 12.2. The summed E-state index contributed by atoms with van der Waals surface area (Å²) in [5, 5.41) is 8.45. The van der Waals surface area contributed by atoms with Crippen molar-refractivity contribution in [2.45, 2.75) is 19.3 Å². The molecule has 0 fully saturated rings. The van der Waals surface area contributed by atoms with Gasteiger partial charge in [-0.3, -0.25) is 9.59 Å². The third-order valence-electron chi connectivity index (χ3n) is 2.88. The van der Waals surface area contributed by atoms with Crippen LogP contribution >= 0.6 is 0 Å². The van der Waals surface area contributed by atoms with Gasteiger partial charge >= 0.3 is 0 Å². The Balaban J connectivity index is 2.11. The number of carbonyl (C=O) groups excluding carboxylic acids is 2. The second-order valence-electron chi connectivity index (χ2n) is 4.68. The Bertz CT molecular complexity index is 466. The molecule has 0 aliphatic heterocycles. The van der Waals surface area contributed by atoms with E-state index < -0.39 is 5.82 Å². The highest BCUT2D eigenvalue weighted by molar-refractivity contribution is 5.94. The Hall–Kier alpha value is -1.95. The molecule has 0 spiro atoms. The molecule has 5 nitrogen and oxygen atoms in total. The molecule has 1 rings (SSSR count). The molecule has 0 saturated heterocycles. The van der Waals surface area contributed by atoms with E-state index in [2.05, 4.69) is 16.0 Å². The fourth-order valence-electron chi connectivity index (χ4n) is 1.76. The monoisotopic (exact) mass is 295 g/mol. The van der Waals surface area contributed by atoms with E-state index in [0.717, 1.165) is 13.0 Å². The molecular weight excluding hydrogens is 273 g/mol. The van der Waals surface area contributed by atoms with E-state index in [4.69, 9.17) is 0 Å². The van der Waals surface area contributed by atoms with Crippen molar-refractivity contribution in [3.63, 3.8) is 0 Å². The molecule has 6 heteroatoms. The van der Waals surface area contributed by atoms with Gasteiger partial charge in [0.05, 0.1) is 0 Å². The molecule has 0 aliphatic rings. The molecular formula is C15H22FN3O2. The molecule has 0 bridgehead atoms. The number of nitrogens with one attached hydrogen (secondary N) is 3. The Morgan fingerprint density at radius 3 is 2.57 bits per heavy atom. The van der Waals surface area contributed by atoms with Crippen LogP contribution in [-0.2, 0) is 4.79 Å². The Labute approximate surface area is 124 Å². The Kier molecular flexibility index (Phi) is 8.04. The maximum atomic E-state index is 13.0. The average Bonchev–Trinajstić information content (AvgIpc) is 2.47. The fraction of sp³-hybridized carbons (Fsp3) is 0.467. The summed E-state index contributed by atoms with van der Waals surface area (Å²) < 4.78 is 13.0. The molecule has 21 heavy (non-hydrogen) atoms. The van der Waals surface area contributed by atoms with Crippen LogP contribution in [0.5, 0.6) is 0 Å². The highest BCUT2D eigenvalue weighted by Crippen LogP contribution is 2.02. The van der Waals surface area contributed by atoms with Crippen molar-refractivity contribution in [2.24, 2.45) is 0 Å². The molecule has 0 aliphatic carbocycles. The van der Waals surface area contributed by atoms with Crippen LogP contribution in [0, 0.1) is 5.82 Å². The molecule has 116 valence electrons. The lowest BCUT2D eigenvalue weighted by Gasteiger charge is -2.07. The second-order valence-corrected chi connectivity index (χ2v) is 4.68. The molecule has 1 aromatic carbocycles. The van der Waals surface area contributed by atoms with Crippen LogP contribution in [0.1, 0.15) is 29.6 Å². The minimum atomic E-state index is -0.434. The van der Waals surface area contributed by atoms with Crippen LogP contribution in [0.15, 0.2) is 24.3 Å². The van der Waals surface area contributed by atoms with Crippen LogP contribution in [0.3, 0.4) is 0 Å². The average molecular weight is 295 g/mol. The number of hydrogen-bond acceptors (Lipinski definition) is 3. The van der Waals surface area contributed by atoms with E-state index in [1.807, 2.05) is 7.05 Å². The maximum absolute atomic E-state index is 13.0. The molecule has 0 radical (unpaired) electrons. The first-order valence-corrected chi connectivity index (χ1v) is 7.08. The smallest absolute Gasteiger partial charge is 0.251 e. The summed E-state index contributed by atoms with van der Waals surface area (Å²) in [4.78, 5) is 23.1. The second kappa shape index (κ2) is 9.88. The number of halogens is 1. The first-order chi connectivity index (χ1) is 10.1. The van der Waals surface area contributed by atoms with Crippen LogP contribution in [0.25, 0.3) is 0 Å². The maximum Gasteiger partial charge on any atom is 0.251 e. The quantitative estimate of drug-likeness (QED) is 0.597. The van der Waals surface area contributed by atoms with Crippen molar-refractivity contribution in [1.29, 1.82) is 0 Å². The van der Waals surface area contributed by atoms with Crippen LogP contribution < -0.4 is 16.0 Å². The summed E-state index contributed by atoms with van der Waals surface area (Å²) in [5.74, 6) is -0.729. The van der Waals surface area contributed by atoms with Crippen LogP contribution in [-0.4, -0.2) is 38.5 Å². The lowest BCUT2D eigenvalue weighted by Crippen LogP contribution is -2.30. The zero-order chi connectivity index (χ0) is 15.5. The summed E-state index contributed by atoms with van der Waals surface area (Å²) in [5.41, 5.74) is 0.297. The van der Waals surface area contributed by atoms with E-state index in [0.29, 0.717) is 31.5 Å². The minimum Gasteiger partial charge on any atom is -0.356 e. The Morgan fingerprint density at radius 2 is 1.86 bits per heavy atom. The lowest BCUT2D eigenvalue weighted by atomic mass is 10.2. The minimum absolute atomic E-state index is 0.0155. The van der Waals surface area contributed by atoms with Gasteiger partial charge in [-0.25, -0.2) is 4.39 Å². The van der Waals surface area contributed by atoms with Gasteiger partial charge in [0.1, 0.15) is 5.82 Å². The van der Waals surface area contributed by atoms with E-state index in [1.165, 1.54) is 18.2 Å². The number of amides is 2. The third kappa shape index (κ3) is 7.41. The van der Waals surface area contributed by atoms with E-state index >= 15 is 0 Å². The van der Waals surface area contributed by atoms with Gasteiger partial charge in [-0.1, -0.05) is 6.07 Å².